The molecule has 0 aliphatic rings. The topological polar surface area (TPSA) is 58.6 Å². The summed E-state index contributed by atoms with van der Waals surface area (Å²) in [6.45, 7) is 8.27. The molecule has 0 saturated carbocycles. The lowest BCUT2D eigenvalue weighted by molar-refractivity contribution is -0.121. The number of amides is 2. The molecule has 0 unspecified atom stereocenters. The molecule has 0 rings (SSSR count). The highest BCUT2D eigenvalue weighted by atomic mass is 16.6. The van der Waals surface area contributed by atoms with Crippen LogP contribution in [0.3, 0.4) is 0 Å². The van der Waals surface area contributed by atoms with Gasteiger partial charge in [-0.1, -0.05) is 0 Å². The molecule has 0 aromatic heterocycles. The van der Waals surface area contributed by atoms with Crippen LogP contribution in [-0.2, 0) is 9.53 Å². The normalized spacial score (nSPS) is 9.93. The zero-order valence-electron chi connectivity index (χ0n) is 9.87. The van der Waals surface area contributed by atoms with E-state index in [1.165, 1.54) is 4.90 Å². The SMILES string of the molecule is CCNC(=O)CN(CC)C(=O)OC(C)C. The summed E-state index contributed by atoms with van der Waals surface area (Å²) in [6.07, 6.45) is -0.612. The van der Waals surface area contributed by atoms with E-state index in [9.17, 15) is 9.59 Å². The maximum Gasteiger partial charge on any atom is 0.410 e. The highest BCUT2D eigenvalue weighted by Gasteiger charge is 2.17. The minimum absolute atomic E-state index is 0.0515. The quantitative estimate of drug-likeness (QED) is 0.745. The average molecular weight is 216 g/mol. The number of hydrogen-bond donors (Lipinski definition) is 1. The summed E-state index contributed by atoms with van der Waals surface area (Å²) in [5, 5.41) is 2.63. The lowest BCUT2D eigenvalue weighted by Crippen LogP contribution is -2.41. The number of hydrogen-bond acceptors (Lipinski definition) is 3. The van der Waals surface area contributed by atoms with Crippen molar-refractivity contribution >= 4 is 12.0 Å². The molecule has 0 aromatic rings. The fraction of sp³-hybridized carbons (Fsp3) is 0.800. The van der Waals surface area contributed by atoms with Gasteiger partial charge in [0.15, 0.2) is 0 Å². The van der Waals surface area contributed by atoms with Crippen LogP contribution >= 0.6 is 0 Å². The van der Waals surface area contributed by atoms with Crippen LogP contribution in [0, 0.1) is 0 Å². The fourth-order valence-electron chi connectivity index (χ4n) is 1.01. The molecule has 2 amide bonds. The number of carbonyl (C=O) groups is 2. The highest BCUT2D eigenvalue weighted by molar-refractivity contribution is 5.82. The Hall–Kier alpha value is -1.26. The van der Waals surface area contributed by atoms with Crippen LogP contribution in [0.1, 0.15) is 27.7 Å². The van der Waals surface area contributed by atoms with E-state index in [2.05, 4.69) is 5.32 Å². The molecule has 0 aliphatic carbocycles. The van der Waals surface area contributed by atoms with Crippen LogP contribution in [0.2, 0.25) is 0 Å². The van der Waals surface area contributed by atoms with E-state index in [0.29, 0.717) is 13.1 Å². The van der Waals surface area contributed by atoms with E-state index in [0.717, 1.165) is 0 Å². The predicted molar refractivity (Wildman–Crippen MR) is 57.5 cm³/mol. The number of likely N-dealkylation sites (N-methyl/N-ethyl adjacent to an activating group) is 2. The molecule has 0 aromatic carbocycles. The van der Waals surface area contributed by atoms with Crippen LogP contribution < -0.4 is 5.32 Å². The Morgan fingerprint density at radius 3 is 2.33 bits per heavy atom. The minimum Gasteiger partial charge on any atom is -0.447 e. The first kappa shape index (κ1) is 13.7. The molecule has 0 fully saturated rings. The maximum absolute atomic E-state index is 11.4. The molecule has 0 saturated heterocycles. The van der Waals surface area contributed by atoms with Gasteiger partial charge in [-0.15, -0.1) is 0 Å². The molecule has 0 atom stereocenters. The number of ether oxygens (including phenoxy) is 1. The summed E-state index contributed by atoms with van der Waals surface area (Å²) in [5.74, 6) is -0.167. The Morgan fingerprint density at radius 2 is 1.93 bits per heavy atom. The van der Waals surface area contributed by atoms with Crippen molar-refractivity contribution < 1.29 is 14.3 Å². The molecule has 88 valence electrons. The van der Waals surface area contributed by atoms with Crippen molar-refractivity contribution in [1.29, 1.82) is 0 Å². The largest absolute Gasteiger partial charge is 0.447 e. The Labute approximate surface area is 90.8 Å². The van der Waals surface area contributed by atoms with Gasteiger partial charge >= 0.3 is 6.09 Å². The molecule has 5 nitrogen and oxygen atoms in total. The maximum atomic E-state index is 11.4. The first-order valence-corrected chi connectivity index (χ1v) is 5.23. The van der Waals surface area contributed by atoms with Gasteiger partial charge in [-0.2, -0.15) is 0 Å². The van der Waals surface area contributed by atoms with Crippen molar-refractivity contribution in [2.24, 2.45) is 0 Å². The van der Waals surface area contributed by atoms with Gasteiger partial charge in [0.25, 0.3) is 0 Å². The second-order valence-electron chi connectivity index (χ2n) is 3.40. The van der Waals surface area contributed by atoms with Crippen LogP contribution in [0.4, 0.5) is 4.79 Å². The van der Waals surface area contributed by atoms with E-state index in [1.807, 2.05) is 6.92 Å². The molecule has 0 aliphatic heterocycles. The lowest BCUT2D eigenvalue weighted by Gasteiger charge is -2.20. The van der Waals surface area contributed by atoms with Crippen LogP contribution in [-0.4, -0.2) is 42.6 Å². The third-order valence-electron chi connectivity index (χ3n) is 1.68. The third kappa shape index (κ3) is 5.93. The summed E-state index contributed by atoms with van der Waals surface area (Å²) >= 11 is 0. The molecule has 0 spiro atoms. The van der Waals surface area contributed by atoms with Crippen LogP contribution in [0.5, 0.6) is 0 Å². The van der Waals surface area contributed by atoms with E-state index >= 15 is 0 Å². The van der Waals surface area contributed by atoms with E-state index in [1.54, 1.807) is 20.8 Å². The molecule has 0 heterocycles. The highest BCUT2D eigenvalue weighted by Crippen LogP contribution is 1.97. The van der Waals surface area contributed by atoms with Gasteiger partial charge in [0, 0.05) is 13.1 Å². The Balaban J connectivity index is 4.12. The van der Waals surface area contributed by atoms with Gasteiger partial charge in [0.1, 0.15) is 6.54 Å². The number of nitrogens with zero attached hydrogens (tertiary/aromatic N) is 1. The molecular formula is C10H20N2O3. The zero-order chi connectivity index (χ0) is 11.8. The standard InChI is InChI=1S/C10H20N2O3/c1-5-11-9(13)7-12(6-2)10(14)15-8(3)4/h8H,5-7H2,1-4H3,(H,11,13). The van der Waals surface area contributed by atoms with E-state index < -0.39 is 6.09 Å². The molecule has 5 heteroatoms. The summed E-state index contributed by atoms with van der Waals surface area (Å²) in [5.41, 5.74) is 0. The van der Waals surface area contributed by atoms with Crippen molar-refractivity contribution in [2.45, 2.75) is 33.8 Å². The van der Waals surface area contributed by atoms with Gasteiger partial charge in [0.2, 0.25) is 5.91 Å². The Morgan fingerprint density at radius 1 is 1.33 bits per heavy atom. The van der Waals surface area contributed by atoms with Gasteiger partial charge in [0.05, 0.1) is 6.10 Å². The summed E-state index contributed by atoms with van der Waals surface area (Å²) < 4.78 is 4.99. The first-order valence-electron chi connectivity index (χ1n) is 5.23. The second kappa shape index (κ2) is 7.09. The summed E-state index contributed by atoms with van der Waals surface area (Å²) in [4.78, 5) is 24.1. The van der Waals surface area contributed by atoms with Crippen LogP contribution in [0.25, 0.3) is 0 Å². The Bertz CT molecular complexity index is 217. The molecule has 15 heavy (non-hydrogen) atoms. The lowest BCUT2D eigenvalue weighted by atomic mass is 10.4. The van der Waals surface area contributed by atoms with Crippen molar-refractivity contribution in [1.82, 2.24) is 10.2 Å². The van der Waals surface area contributed by atoms with E-state index in [4.69, 9.17) is 4.74 Å². The van der Waals surface area contributed by atoms with Crippen molar-refractivity contribution in [3.05, 3.63) is 0 Å². The molecular weight excluding hydrogens is 196 g/mol. The Kier molecular flexibility index (Phi) is 6.49. The number of carbonyl (C=O) groups excluding carboxylic acids is 2. The summed E-state index contributed by atoms with van der Waals surface area (Å²) in [7, 11) is 0. The first-order chi connectivity index (χ1) is 7.01. The monoisotopic (exact) mass is 216 g/mol. The van der Waals surface area contributed by atoms with Gasteiger partial charge in [-0.25, -0.2) is 4.79 Å². The van der Waals surface area contributed by atoms with Crippen molar-refractivity contribution in [3.63, 3.8) is 0 Å². The smallest absolute Gasteiger partial charge is 0.410 e. The number of rotatable bonds is 5. The van der Waals surface area contributed by atoms with Gasteiger partial charge in [-0.05, 0) is 27.7 Å². The summed E-state index contributed by atoms with van der Waals surface area (Å²) in [6, 6.07) is 0. The van der Waals surface area contributed by atoms with Crippen LogP contribution in [0.15, 0.2) is 0 Å². The average Bonchev–Trinajstić information content (AvgIpc) is 2.13. The van der Waals surface area contributed by atoms with Crippen molar-refractivity contribution in [2.75, 3.05) is 19.6 Å². The molecule has 1 N–H and O–H groups in total. The zero-order valence-corrected chi connectivity index (χ0v) is 9.87. The third-order valence-corrected chi connectivity index (χ3v) is 1.68. The molecule has 0 bridgehead atoms. The number of nitrogens with one attached hydrogen (secondary N) is 1. The minimum atomic E-state index is -0.446. The fourth-order valence-corrected chi connectivity index (χ4v) is 1.01. The second-order valence-corrected chi connectivity index (χ2v) is 3.40. The van der Waals surface area contributed by atoms with Gasteiger partial charge < -0.3 is 10.1 Å². The molecule has 0 radical (unpaired) electrons. The predicted octanol–water partition coefficient (Wildman–Crippen LogP) is 0.989. The van der Waals surface area contributed by atoms with Gasteiger partial charge in [-0.3, -0.25) is 9.69 Å². The van der Waals surface area contributed by atoms with Crippen molar-refractivity contribution in [3.8, 4) is 0 Å². The van der Waals surface area contributed by atoms with E-state index in [-0.39, 0.29) is 18.6 Å².